The van der Waals surface area contributed by atoms with Gasteiger partial charge in [0, 0.05) is 18.7 Å². The Labute approximate surface area is 142 Å². The van der Waals surface area contributed by atoms with E-state index in [1.807, 2.05) is 6.20 Å². The van der Waals surface area contributed by atoms with E-state index in [-0.39, 0.29) is 0 Å². The topological polar surface area (TPSA) is 57.7 Å². The van der Waals surface area contributed by atoms with E-state index in [0.717, 1.165) is 35.7 Å². The summed E-state index contributed by atoms with van der Waals surface area (Å²) in [5.41, 5.74) is 5.21. The quantitative estimate of drug-likeness (QED) is 0.776. The number of piperidine rings is 1. The van der Waals surface area contributed by atoms with Gasteiger partial charge in [0.2, 0.25) is 5.65 Å². The van der Waals surface area contributed by atoms with Gasteiger partial charge in [-0.2, -0.15) is 5.10 Å². The molecule has 0 aliphatic carbocycles. The van der Waals surface area contributed by atoms with Crippen LogP contribution in [0.25, 0.3) is 22.4 Å². The molecule has 0 radical (unpaired) electrons. The van der Waals surface area contributed by atoms with Crippen LogP contribution >= 0.6 is 0 Å². The van der Waals surface area contributed by atoms with Crippen LogP contribution in [-0.2, 0) is 0 Å². The molecule has 1 fully saturated rings. The van der Waals surface area contributed by atoms with Crippen LogP contribution in [0.2, 0.25) is 0 Å². The Kier molecular flexibility index (Phi) is 3.52. The summed E-state index contributed by atoms with van der Waals surface area (Å²) in [7, 11) is 0. The molecule has 0 amide bonds. The summed E-state index contributed by atoms with van der Waals surface area (Å²) in [6.45, 7) is 8.82. The van der Waals surface area contributed by atoms with Crippen LogP contribution in [0, 0.1) is 12.3 Å². The molecule has 5 nitrogen and oxygen atoms in total. The van der Waals surface area contributed by atoms with Gasteiger partial charge in [-0.15, -0.1) is 0 Å². The van der Waals surface area contributed by atoms with E-state index in [1.54, 1.807) is 0 Å². The van der Waals surface area contributed by atoms with Crippen LogP contribution in [0.5, 0.6) is 0 Å². The average molecular weight is 321 g/mol. The van der Waals surface area contributed by atoms with Crippen LogP contribution < -0.4 is 4.90 Å². The molecule has 3 heterocycles. The fourth-order valence-electron chi connectivity index (χ4n) is 3.28. The molecular weight excluding hydrogens is 298 g/mol. The summed E-state index contributed by atoms with van der Waals surface area (Å²) >= 11 is 0. The molecule has 0 saturated carbocycles. The van der Waals surface area contributed by atoms with Gasteiger partial charge in [-0.05, 0) is 31.2 Å². The van der Waals surface area contributed by atoms with Gasteiger partial charge < -0.3 is 4.90 Å². The predicted octanol–water partition coefficient (Wildman–Crippen LogP) is 3.95. The minimum Gasteiger partial charge on any atom is -0.355 e. The average Bonchev–Trinajstić information content (AvgIpc) is 2.98. The molecule has 1 aliphatic heterocycles. The number of benzene rings is 1. The first-order valence-corrected chi connectivity index (χ1v) is 8.55. The van der Waals surface area contributed by atoms with Crippen molar-refractivity contribution in [2.45, 2.75) is 33.6 Å². The lowest BCUT2D eigenvalue weighted by atomic mass is 9.83. The maximum Gasteiger partial charge on any atom is 0.202 e. The molecule has 24 heavy (non-hydrogen) atoms. The molecule has 1 aliphatic rings. The van der Waals surface area contributed by atoms with Crippen LogP contribution in [-0.4, -0.2) is 33.3 Å². The van der Waals surface area contributed by atoms with Crippen LogP contribution in [0.1, 0.15) is 32.3 Å². The van der Waals surface area contributed by atoms with Crippen LogP contribution in [0.15, 0.2) is 30.5 Å². The second kappa shape index (κ2) is 5.58. The summed E-state index contributed by atoms with van der Waals surface area (Å²) in [5.74, 6) is 0.931. The molecule has 124 valence electrons. The van der Waals surface area contributed by atoms with E-state index in [9.17, 15) is 0 Å². The summed E-state index contributed by atoms with van der Waals surface area (Å²) in [6.07, 6.45) is 4.25. The Morgan fingerprint density at radius 2 is 1.96 bits per heavy atom. The molecule has 0 atom stereocenters. The SMILES string of the molecule is Cc1cccc(-c2[nH]nc3nc(N4CCC(C)(C)CC4)cnc23)c1. The Balaban J connectivity index is 1.66. The van der Waals surface area contributed by atoms with Crippen molar-refractivity contribution < 1.29 is 0 Å². The highest BCUT2D eigenvalue weighted by molar-refractivity contribution is 5.87. The summed E-state index contributed by atoms with van der Waals surface area (Å²) in [4.78, 5) is 11.7. The number of aromatic nitrogens is 4. The standard InChI is InChI=1S/C19H23N5/c1-13-5-4-6-14(11-13)16-17-18(23-22-16)21-15(12-20-17)24-9-7-19(2,3)8-10-24/h4-6,11-12H,7-10H2,1-3H3,(H,21,22,23). The van der Waals surface area contributed by atoms with Gasteiger partial charge >= 0.3 is 0 Å². The number of nitrogens with zero attached hydrogens (tertiary/aromatic N) is 4. The number of rotatable bonds is 2. The van der Waals surface area contributed by atoms with Crippen molar-refractivity contribution in [3.63, 3.8) is 0 Å². The molecule has 1 N–H and O–H groups in total. The van der Waals surface area contributed by atoms with Gasteiger partial charge in [-0.1, -0.05) is 37.6 Å². The van der Waals surface area contributed by atoms with Crippen molar-refractivity contribution in [1.82, 2.24) is 20.2 Å². The number of H-pyrrole nitrogens is 1. The number of aryl methyl sites for hydroxylation is 1. The molecule has 1 saturated heterocycles. The van der Waals surface area contributed by atoms with E-state index in [4.69, 9.17) is 4.98 Å². The number of anilines is 1. The highest BCUT2D eigenvalue weighted by atomic mass is 15.2. The first-order valence-electron chi connectivity index (χ1n) is 8.55. The fraction of sp³-hybridized carbons (Fsp3) is 0.421. The zero-order valence-electron chi connectivity index (χ0n) is 14.5. The second-order valence-corrected chi connectivity index (χ2v) is 7.52. The van der Waals surface area contributed by atoms with Crippen LogP contribution in [0.4, 0.5) is 5.82 Å². The fourth-order valence-corrected chi connectivity index (χ4v) is 3.28. The first-order chi connectivity index (χ1) is 11.5. The second-order valence-electron chi connectivity index (χ2n) is 7.52. The molecule has 0 spiro atoms. The van der Waals surface area contributed by atoms with Gasteiger partial charge in [-0.25, -0.2) is 9.97 Å². The molecular formula is C19H23N5. The Morgan fingerprint density at radius 3 is 2.71 bits per heavy atom. The molecule has 0 unspecified atom stereocenters. The van der Waals surface area contributed by atoms with Gasteiger partial charge in [0.25, 0.3) is 0 Å². The Bertz CT molecular complexity index is 870. The largest absolute Gasteiger partial charge is 0.355 e. The molecule has 2 aromatic heterocycles. The maximum absolute atomic E-state index is 4.74. The maximum atomic E-state index is 4.74. The third-order valence-electron chi connectivity index (χ3n) is 5.00. The number of fused-ring (bicyclic) bond motifs is 1. The zero-order chi connectivity index (χ0) is 16.7. The van der Waals surface area contributed by atoms with Gasteiger partial charge in [-0.3, -0.25) is 5.10 Å². The van der Waals surface area contributed by atoms with Gasteiger partial charge in [0.05, 0.1) is 11.9 Å². The molecule has 5 heteroatoms. The molecule has 4 rings (SSSR count). The minimum atomic E-state index is 0.429. The summed E-state index contributed by atoms with van der Waals surface area (Å²) in [5, 5.41) is 7.49. The van der Waals surface area contributed by atoms with Crippen molar-refractivity contribution in [3.05, 3.63) is 36.0 Å². The number of aromatic amines is 1. The predicted molar refractivity (Wildman–Crippen MR) is 97.1 cm³/mol. The monoisotopic (exact) mass is 321 g/mol. The minimum absolute atomic E-state index is 0.429. The van der Waals surface area contributed by atoms with Crippen molar-refractivity contribution in [1.29, 1.82) is 0 Å². The van der Waals surface area contributed by atoms with Crippen molar-refractivity contribution in [2.24, 2.45) is 5.41 Å². The Morgan fingerprint density at radius 1 is 1.17 bits per heavy atom. The van der Waals surface area contributed by atoms with Crippen molar-refractivity contribution in [3.8, 4) is 11.3 Å². The third-order valence-corrected chi connectivity index (χ3v) is 5.00. The smallest absolute Gasteiger partial charge is 0.202 e. The lowest BCUT2D eigenvalue weighted by Gasteiger charge is -2.37. The lowest BCUT2D eigenvalue weighted by Crippen LogP contribution is -2.37. The summed E-state index contributed by atoms with van der Waals surface area (Å²) in [6, 6.07) is 8.34. The normalized spacial score (nSPS) is 17.4. The number of hydrogen-bond acceptors (Lipinski definition) is 4. The highest BCUT2D eigenvalue weighted by Gasteiger charge is 2.26. The third kappa shape index (κ3) is 2.75. The van der Waals surface area contributed by atoms with Gasteiger partial charge in [0.15, 0.2) is 0 Å². The van der Waals surface area contributed by atoms with E-state index in [2.05, 4.69) is 65.1 Å². The first kappa shape index (κ1) is 15.1. The van der Waals surface area contributed by atoms with Crippen molar-refractivity contribution in [2.75, 3.05) is 18.0 Å². The highest BCUT2D eigenvalue weighted by Crippen LogP contribution is 2.32. The zero-order valence-corrected chi connectivity index (χ0v) is 14.5. The Hall–Kier alpha value is -2.43. The van der Waals surface area contributed by atoms with E-state index in [1.165, 1.54) is 18.4 Å². The molecule has 3 aromatic rings. The summed E-state index contributed by atoms with van der Waals surface area (Å²) < 4.78 is 0. The van der Waals surface area contributed by atoms with E-state index >= 15 is 0 Å². The van der Waals surface area contributed by atoms with Gasteiger partial charge in [0.1, 0.15) is 11.3 Å². The van der Waals surface area contributed by atoms with E-state index in [0.29, 0.717) is 11.1 Å². The lowest BCUT2D eigenvalue weighted by molar-refractivity contribution is 0.279. The van der Waals surface area contributed by atoms with Crippen molar-refractivity contribution >= 4 is 17.0 Å². The molecule has 1 aromatic carbocycles. The number of hydrogen-bond donors (Lipinski definition) is 1. The van der Waals surface area contributed by atoms with Crippen LogP contribution in [0.3, 0.4) is 0 Å². The molecule has 0 bridgehead atoms. The number of nitrogens with one attached hydrogen (secondary N) is 1. The van der Waals surface area contributed by atoms with E-state index < -0.39 is 0 Å².